The van der Waals surface area contributed by atoms with Crippen LogP contribution in [-0.4, -0.2) is 62.1 Å². The smallest absolute Gasteiger partial charge is 0.245 e. The Balaban J connectivity index is 2.30. The number of amides is 1. The first-order chi connectivity index (χ1) is 11.0. The zero-order valence-electron chi connectivity index (χ0n) is 14.5. The van der Waals surface area contributed by atoms with Gasteiger partial charge in [-0.25, -0.2) is 8.42 Å². The maximum Gasteiger partial charge on any atom is 0.245 e. The van der Waals surface area contributed by atoms with Crippen LogP contribution in [0, 0.1) is 0 Å². The average Bonchev–Trinajstić information content (AvgIpc) is 2.55. The molecule has 0 saturated carbocycles. The zero-order chi connectivity index (χ0) is 18.1. The Morgan fingerprint density at radius 3 is 2.54 bits per heavy atom. The van der Waals surface area contributed by atoms with Crippen LogP contribution in [0.1, 0.15) is 20.8 Å². The third kappa shape index (κ3) is 4.13. The average molecular weight is 355 g/mol. The largest absolute Gasteiger partial charge is 0.390 e. The summed E-state index contributed by atoms with van der Waals surface area (Å²) in [6.07, 6.45) is -0.813. The number of anilines is 1. The number of sulfonamides is 1. The number of carbonyl (C=O) groups is 1. The van der Waals surface area contributed by atoms with E-state index in [0.29, 0.717) is 12.2 Å². The van der Waals surface area contributed by atoms with Gasteiger partial charge in [0.2, 0.25) is 15.9 Å². The van der Waals surface area contributed by atoms with Gasteiger partial charge in [-0.3, -0.25) is 4.79 Å². The number of hydrogen-bond donors (Lipinski definition) is 2. The van der Waals surface area contributed by atoms with Crippen molar-refractivity contribution in [3.05, 3.63) is 24.3 Å². The van der Waals surface area contributed by atoms with E-state index >= 15 is 0 Å². The monoisotopic (exact) mass is 355 g/mol. The number of para-hydroxylation sites is 1. The molecule has 1 amide bonds. The van der Waals surface area contributed by atoms with Gasteiger partial charge >= 0.3 is 0 Å². The molecule has 1 aliphatic heterocycles. The molecule has 1 heterocycles. The minimum absolute atomic E-state index is 0.0300. The Morgan fingerprint density at radius 2 is 1.92 bits per heavy atom. The van der Waals surface area contributed by atoms with E-state index in [1.54, 1.807) is 18.2 Å². The summed E-state index contributed by atoms with van der Waals surface area (Å²) in [5, 5.41) is 13.5. The van der Waals surface area contributed by atoms with Crippen molar-refractivity contribution >= 4 is 21.6 Å². The topological polar surface area (TPSA) is 89.9 Å². The molecule has 1 aromatic rings. The highest BCUT2D eigenvalue weighted by molar-refractivity contribution is 7.89. The molecule has 7 nitrogen and oxygen atoms in total. The Morgan fingerprint density at radius 1 is 1.29 bits per heavy atom. The number of benzene rings is 1. The lowest BCUT2D eigenvalue weighted by atomic mass is 10.1. The molecule has 8 heteroatoms. The van der Waals surface area contributed by atoms with Crippen molar-refractivity contribution in [3.63, 3.8) is 0 Å². The van der Waals surface area contributed by atoms with Crippen LogP contribution in [0.5, 0.6) is 0 Å². The summed E-state index contributed by atoms with van der Waals surface area (Å²) in [4.78, 5) is 13.9. The maximum atomic E-state index is 12.5. The second kappa shape index (κ2) is 6.79. The lowest BCUT2D eigenvalue weighted by Crippen LogP contribution is -2.47. The van der Waals surface area contributed by atoms with Crippen LogP contribution in [0.3, 0.4) is 0 Å². The molecule has 0 spiro atoms. The Kier molecular flexibility index (Phi) is 5.34. The number of carbonyl (C=O) groups excluding carboxylic acids is 1. The van der Waals surface area contributed by atoms with Gasteiger partial charge in [-0.2, -0.15) is 4.31 Å². The molecule has 2 N–H and O–H groups in total. The first-order valence-corrected chi connectivity index (χ1v) is 9.25. The normalized spacial score (nSPS) is 19.7. The number of hydrogen-bond acceptors (Lipinski definition) is 5. The molecular formula is C16H25N3O4S. The molecule has 1 aliphatic rings. The highest BCUT2D eigenvalue weighted by Crippen LogP contribution is 2.30. The van der Waals surface area contributed by atoms with Crippen LogP contribution < -0.4 is 10.2 Å². The number of nitrogens with one attached hydrogen (secondary N) is 1. The van der Waals surface area contributed by atoms with Gasteiger partial charge in [0.25, 0.3) is 0 Å². The van der Waals surface area contributed by atoms with Crippen LogP contribution in [0.25, 0.3) is 0 Å². The molecule has 0 saturated heterocycles. The fourth-order valence-corrected chi connectivity index (χ4v) is 3.77. The van der Waals surface area contributed by atoms with Gasteiger partial charge in [0.1, 0.15) is 4.90 Å². The lowest BCUT2D eigenvalue weighted by Gasteiger charge is -2.27. The number of β-amino-alcohol motifs (C(OH)–C–C–N with tert-alkyl or cyclic N) is 1. The number of nitrogens with zero attached hydrogens (tertiary/aromatic N) is 2. The molecule has 0 bridgehead atoms. The minimum atomic E-state index is -3.72. The first-order valence-electron chi connectivity index (χ1n) is 7.81. The van der Waals surface area contributed by atoms with E-state index in [-0.39, 0.29) is 29.4 Å². The summed E-state index contributed by atoms with van der Waals surface area (Å²) in [5.41, 5.74) is 0.146. The van der Waals surface area contributed by atoms with Crippen molar-refractivity contribution in [3.8, 4) is 0 Å². The summed E-state index contributed by atoms with van der Waals surface area (Å²) in [6, 6.07) is 6.37. The fourth-order valence-electron chi connectivity index (χ4n) is 2.46. The molecule has 134 valence electrons. The molecular weight excluding hydrogens is 330 g/mol. The van der Waals surface area contributed by atoms with Gasteiger partial charge in [0, 0.05) is 19.1 Å². The third-order valence-electron chi connectivity index (χ3n) is 3.76. The van der Waals surface area contributed by atoms with Crippen LogP contribution in [0.2, 0.25) is 0 Å². The second-order valence-corrected chi connectivity index (χ2v) is 9.03. The van der Waals surface area contributed by atoms with Crippen molar-refractivity contribution in [1.82, 2.24) is 9.62 Å². The van der Waals surface area contributed by atoms with Crippen molar-refractivity contribution < 1.29 is 18.3 Å². The summed E-state index contributed by atoms with van der Waals surface area (Å²) < 4.78 is 26.1. The van der Waals surface area contributed by atoms with Crippen molar-refractivity contribution in [1.29, 1.82) is 0 Å². The molecule has 24 heavy (non-hydrogen) atoms. The van der Waals surface area contributed by atoms with E-state index in [9.17, 15) is 18.3 Å². The summed E-state index contributed by atoms with van der Waals surface area (Å²) in [7, 11) is -2.34. The lowest BCUT2D eigenvalue weighted by molar-refractivity contribution is -0.118. The standard InChI is InChI=1S/C16H25N3O4S/c1-16(2,3)17-9-12(20)10-19-13-7-5-6-8-14(13)24(22,23)18(4)11-15(19)21/h5-8,12,17,20H,9-11H2,1-4H3. The van der Waals surface area contributed by atoms with Crippen LogP contribution >= 0.6 is 0 Å². The van der Waals surface area contributed by atoms with Gasteiger partial charge in [-0.1, -0.05) is 12.1 Å². The highest BCUT2D eigenvalue weighted by atomic mass is 32.2. The highest BCUT2D eigenvalue weighted by Gasteiger charge is 2.35. The van der Waals surface area contributed by atoms with Crippen molar-refractivity contribution in [2.75, 3.05) is 31.6 Å². The quantitative estimate of drug-likeness (QED) is 0.816. The van der Waals surface area contributed by atoms with E-state index in [2.05, 4.69) is 5.32 Å². The van der Waals surface area contributed by atoms with Crippen LogP contribution in [0.15, 0.2) is 29.2 Å². The molecule has 0 aliphatic carbocycles. The number of fused-ring (bicyclic) bond motifs is 1. The molecule has 1 atom stereocenters. The van der Waals surface area contributed by atoms with Crippen molar-refractivity contribution in [2.24, 2.45) is 0 Å². The summed E-state index contributed by atoms with van der Waals surface area (Å²) >= 11 is 0. The van der Waals surface area contributed by atoms with Gasteiger partial charge in [-0.15, -0.1) is 0 Å². The minimum Gasteiger partial charge on any atom is -0.390 e. The molecule has 0 aromatic heterocycles. The van der Waals surface area contributed by atoms with Gasteiger partial charge < -0.3 is 15.3 Å². The van der Waals surface area contributed by atoms with Crippen LogP contribution in [-0.2, 0) is 14.8 Å². The zero-order valence-corrected chi connectivity index (χ0v) is 15.3. The maximum absolute atomic E-state index is 12.5. The fraction of sp³-hybridized carbons (Fsp3) is 0.562. The van der Waals surface area contributed by atoms with Crippen molar-refractivity contribution in [2.45, 2.75) is 37.3 Å². The van der Waals surface area contributed by atoms with Gasteiger partial charge in [0.05, 0.1) is 24.9 Å². The van der Waals surface area contributed by atoms with Gasteiger partial charge in [0.15, 0.2) is 0 Å². The molecule has 1 aromatic carbocycles. The molecule has 0 radical (unpaired) electrons. The van der Waals surface area contributed by atoms with E-state index in [4.69, 9.17) is 0 Å². The van der Waals surface area contributed by atoms with Crippen LogP contribution in [0.4, 0.5) is 5.69 Å². The van der Waals surface area contributed by atoms with E-state index in [1.165, 1.54) is 18.0 Å². The number of rotatable bonds is 4. The predicted molar refractivity (Wildman–Crippen MR) is 92.4 cm³/mol. The molecule has 1 unspecified atom stereocenters. The SMILES string of the molecule is CN1CC(=O)N(CC(O)CNC(C)(C)C)c2ccccc2S1(=O)=O. The summed E-state index contributed by atoms with van der Waals surface area (Å²) in [6.45, 7) is 6.02. The predicted octanol–water partition coefficient (Wildman–Crippen LogP) is 0.403. The number of aliphatic hydroxyl groups is 1. The Labute approximate surface area is 143 Å². The molecule has 0 fully saturated rings. The summed E-state index contributed by atoms with van der Waals surface area (Å²) in [5.74, 6) is -0.360. The van der Waals surface area contributed by atoms with Gasteiger partial charge in [-0.05, 0) is 32.9 Å². The third-order valence-corrected chi connectivity index (χ3v) is 5.62. The number of likely N-dealkylation sites (N-methyl/N-ethyl adjacent to an activating group) is 1. The Bertz CT molecular complexity index is 712. The van der Waals surface area contributed by atoms with E-state index in [1.807, 2.05) is 20.8 Å². The first kappa shape index (κ1) is 18.9. The Hall–Kier alpha value is -1.48. The van der Waals surface area contributed by atoms with E-state index < -0.39 is 16.1 Å². The van der Waals surface area contributed by atoms with E-state index in [0.717, 1.165) is 4.31 Å². The second-order valence-electron chi connectivity index (χ2n) is 7.02. The number of aliphatic hydroxyl groups excluding tert-OH is 1. The molecule has 2 rings (SSSR count).